The van der Waals surface area contributed by atoms with Gasteiger partial charge in [-0.3, -0.25) is 9.48 Å². The molecule has 1 aliphatic rings. The molecular weight excluding hydrogens is 346 g/mol. The molecule has 0 radical (unpaired) electrons. The molecule has 0 aliphatic heterocycles. The van der Waals surface area contributed by atoms with E-state index < -0.39 is 5.97 Å². The van der Waals surface area contributed by atoms with E-state index in [1.54, 1.807) is 24.4 Å². The summed E-state index contributed by atoms with van der Waals surface area (Å²) >= 11 is 0. The molecule has 7 heteroatoms. The van der Waals surface area contributed by atoms with E-state index in [0.717, 1.165) is 25.0 Å². The third-order valence-electron chi connectivity index (χ3n) is 5.04. The number of rotatable bonds is 6. The molecule has 1 aliphatic carbocycles. The quantitative estimate of drug-likeness (QED) is 0.672. The van der Waals surface area contributed by atoms with Crippen molar-refractivity contribution in [1.29, 1.82) is 0 Å². The van der Waals surface area contributed by atoms with Gasteiger partial charge in [0.1, 0.15) is 5.58 Å². The van der Waals surface area contributed by atoms with Crippen molar-refractivity contribution < 1.29 is 19.1 Å². The lowest BCUT2D eigenvalue weighted by molar-refractivity contribution is 0.0665. The van der Waals surface area contributed by atoms with Crippen molar-refractivity contribution in [1.82, 2.24) is 9.78 Å². The van der Waals surface area contributed by atoms with Crippen molar-refractivity contribution in [3.05, 3.63) is 47.5 Å². The third-order valence-corrected chi connectivity index (χ3v) is 5.04. The molecule has 1 amide bonds. The van der Waals surface area contributed by atoms with Crippen molar-refractivity contribution in [3.8, 4) is 0 Å². The number of aromatic carboxylic acids is 1. The monoisotopic (exact) mass is 367 g/mol. The van der Waals surface area contributed by atoms with Crippen LogP contribution in [0.15, 0.2) is 34.9 Å². The molecule has 4 rings (SSSR count). The molecule has 0 bridgehead atoms. The highest BCUT2D eigenvalue weighted by Crippen LogP contribution is 2.42. The van der Waals surface area contributed by atoms with Gasteiger partial charge in [-0.1, -0.05) is 6.92 Å². The van der Waals surface area contributed by atoms with Crippen LogP contribution in [-0.2, 0) is 0 Å². The number of carboxylic acid groups (broad SMARTS) is 1. The smallest absolute Gasteiger partial charge is 0.371 e. The zero-order valence-electron chi connectivity index (χ0n) is 15.2. The number of carboxylic acids is 1. The van der Waals surface area contributed by atoms with E-state index in [1.165, 1.54) is 6.07 Å². The predicted octanol–water partition coefficient (Wildman–Crippen LogP) is 4.43. The average molecular weight is 367 g/mol. The SMILES string of the molecule is CCC(C)n1ncc(C(=O)Nc2ccc3oc(C(=O)O)cc3c2)c1C1CC1. The second-order valence-electron chi connectivity index (χ2n) is 7.04. The van der Waals surface area contributed by atoms with Gasteiger partial charge in [-0.2, -0.15) is 5.10 Å². The Hall–Kier alpha value is -3.09. The van der Waals surface area contributed by atoms with Crippen molar-refractivity contribution in [2.24, 2.45) is 0 Å². The fourth-order valence-electron chi connectivity index (χ4n) is 3.26. The van der Waals surface area contributed by atoms with Crippen LogP contribution in [-0.4, -0.2) is 26.8 Å². The van der Waals surface area contributed by atoms with Gasteiger partial charge in [-0.05, 0) is 50.5 Å². The standard InChI is InChI=1S/C20H21N3O4/c1-3-11(2)23-18(12-4-5-12)15(10-21-23)19(24)22-14-6-7-16-13(8-14)9-17(27-16)20(25)26/h6-12H,3-5H2,1-2H3,(H,22,24)(H,25,26). The Morgan fingerprint density at radius 1 is 1.37 bits per heavy atom. The lowest BCUT2D eigenvalue weighted by Crippen LogP contribution is -2.15. The second-order valence-corrected chi connectivity index (χ2v) is 7.04. The molecule has 0 spiro atoms. The highest BCUT2D eigenvalue weighted by atomic mass is 16.4. The van der Waals surface area contributed by atoms with Gasteiger partial charge in [0.25, 0.3) is 5.91 Å². The summed E-state index contributed by atoms with van der Waals surface area (Å²) in [4.78, 5) is 23.9. The molecule has 2 N–H and O–H groups in total. The van der Waals surface area contributed by atoms with Gasteiger partial charge in [-0.15, -0.1) is 0 Å². The zero-order valence-corrected chi connectivity index (χ0v) is 15.2. The van der Waals surface area contributed by atoms with Crippen molar-refractivity contribution >= 4 is 28.5 Å². The molecule has 1 unspecified atom stereocenters. The highest BCUT2D eigenvalue weighted by Gasteiger charge is 2.33. The van der Waals surface area contributed by atoms with Gasteiger partial charge < -0.3 is 14.8 Å². The first-order valence-electron chi connectivity index (χ1n) is 9.13. The molecule has 2 heterocycles. The topological polar surface area (TPSA) is 97.4 Å². The van der Waals surface area contributed by atoms with Crippen molar-refractivity contribution in [3.63, 3.8) is 0 Å². The molecule has 3 aromatic rings. The van der Waals surface area contributed by atoms with Crippen LogP contribution >= 0.6 is 0 Å². The van der Waals surface area contributed by atoms with E-state index in [2.05, 4.69) is 24.3 Å². The average Bonchev–Trinajstić information content (AvgIpc) is 3.24. The molecule has 1 fully saturated rings. The van der Waals surface area contributed by atoms with Crippen LogP contribution in [0, 0.1) is 0 Å². The Labute approximate surface area is 156 Å². The molecule has 27 heavy (non-hydrogen) atoms. The molecule has 0 saturated heterocycles. The number of anilines is 1. The summed E-state index contributed by atoms with van der Waals surface area (Å²) in [5.74, 6) is -1.05. The summed E-state index contributed by atoms with van der Waals surface area (Å²) < 4.78 is 7.23. The van der Waals surface area contributed by atoms with E-state index in [4.69, 9.17) is 9.52 Å². The van der Waals surface area contributed by atoms with E-state index in [0.29, 0.717) is 28.1 Å². The number of benzene rings is 1. The van der Waals surface area contributed by atoms with Gasteiger partial charge >= 0.3 is 5.97 Å². The van der Waals surface area contributed by atoms with E-state index >= 15 is 0 Å². The van der Waals surface area contributed by atoms with Crippen LogP contribution in [0.5, 0.6) is 0 Å². The van der Waals surface area contributed by atoms with Gasteiger partial charge in [0.05, 0.1) is 17.5 Å². The number of hydrogen-bond acceptors (Lipinski definition) is 4. The number of aromatic nitrogens is 2. The van der Waals surface area contributed by atoms with Crippen LogP contribution in [0.4, 0.5) is 5.69 Å². The largest absolute Gasteiger partial charge is 0.475 e. The number of nitrogens with one attached hydrogen (secondary N) is 1. The van der Waals surface area contributed by atoms with E-state index in [1.807, 2.05) is 4.68 Å². The minimum atomic E-state index is -1.12. The molecule has 1 saturated carbocycles. The number of furan rings is 1. The Bertz CT molecular complexity index is 1030. The van der Waals surface area contributed by atoms with Crippen molar-refractivity contribution in [2.45, 2.75) is 45.1 Å². The number of hydrogen-bond donors (Lipinski definition) is 2. The van der Waals surface area contributed by atoms with Crippen LogP contribution in [0.1, 0.15) is 71.7 Å². The Morgan fingerprint density at radius 2 is 2.15 bits per heavy atom. The maximum atomic E-state index is 12.9. The third kappa shape index (κ3) is 3.20. The van der Waals surface area contributed by atoms with Crippen LogP contribution in [0.2, 0.25) is 0 Å². The summed E-state index contributed by atoms with van der Waals surface area (Å²) in [5, 5.41) is 17.0. The van der Waals surface area contributed by atoms with E-state index in [9.17, 15) is 9.59 Å². The summed E-state index contributed by atoms with van der Waals surface area (Å²) in [7, 11) is 0. The number of nitrogens with zero attached hydrogens (tertiary/aromatic N) is 2. The number of carbonyl (C=O) groups is 2. The Balaban J connectivity index is 1.61. The minimum absolute atomic E-state index is 0.126. The minimum Gasteiger partial charge on any atom is -0.475 e. The number of carbonyl (C=O) groups excluding carboxylic acids is 1. The molecule has 1 atom stereocenters. The van der Waals surface area contributed by atoms with E-state index in [-0.39, 0.29) is 17.7 Å². The summed E-state index contributed by atoms with van der Waals surface area (Å²) in [6.45, 7) is 4.21. The maximum Gasteiger partial charge on any atom is 0.371 e. The lowest BCUT2D eigenvalue weighted by Gasteiger charge is -2.14. The predicted molar refractivity (Wildman–Crippen MR) is 100 cm³/mol. The van der Waals surface area contributed by atoms with Crippen molar-refractivity contribution in [2.75, 3.05) is 5.32 Å². The first kappa shape index (κ1) is 17.3. The Morgan fingerprint density at radius 3 is 2.81 bits per heavy atom. The lowest BCUT2D eigenvalue weighted by atomic mass is 10.1. The van der Waals surface area contributed by atoms with Gasteiger partial charge in [0, 0.05) is 23.0 Å². The molecular formula is C20H21N3O4. The summed E-state index contributed by atoms with van der Waals surface area (Å²) in [6.07, 6.45) is 4.77. The summed E-state index contributed by atoms with van der Waals surface area (Å²) in [6, 6.07) is 6.76. The fourth-order valence-corrected chi connectivity index (χ4v) is 3.26. The first-order chi connectivity index (χ1) is 13.0. The maximum absolute atomic E-state index is 12.9. The Kier molecular flexibility index (Phi) is 4.22. The molecule has 1 aromatic carbocycles. The van der Waals surface area contributed by atoms with Crippen LogP contribution in [0.3, 0.4) is 0 Å². The molecule has 2 aromatic heterocycles. The van der Waals surface area contributed by atoms with Crippen LogP contribution < -0.4 is 5.32 Å². The first-order valence-corrected chi connectivity index (χ1v) is 9.13. The highest BCUT2D eigenvalue weighted by molar-refractivity contribution is 6.06. The number of fused-ring (bicyclic) bond motifs is 1. The zero-order chi connectivity index (χ0) is 19.1. The van der Waals surface area contributed by atoms with Gasteiger partial charge in [0.2, 0.25) is 5.76 Å². The van der Waals surface area contributed by atoms with Crippen LogP contribution in [0.25, 0.3) is 11.0 Å². The normalized spacial score (nSPS) is 15.0. The molecule has 7 nitrogen and oxygen atoms in total. The molecule has 140 valence electrons. The fraction of sp³-hybridized carbons (Fsp3) is 0.350. The second kappa shape index (κ2) is 6.57. The summed E-state index contributed by atoms with van der Waals surface area (Å²) in [5.41, 5.74) is 2.67. The van der Waals surface area contributed by atoms with Gasteiger partial charge in [-0.25, -0.2) is 4.79 Å². The number of amides is 1. The van der Waals surface area contributed by atoms with Gasteiger partial charge in [0.15, 0.2) is 0 Å².